The molecule has 2 aromatic carbocycles. The Balaban J connectivity index is 2.42. The lowest BCUT2D eigenvalue weighted by atomic mass is 10.00. The van der Waals surface area contributed by atoms with Crippen LogP contribution >= 0.6 is 0 Å². The van der Waals surface area contributed by atoms with Crippen molar-refractivity contribution in [3.63, 3.8) is 0 Å². The van der Waals surface area contributed by atoms with Crippen molar-refractivity contribution in [1.29, 1.82) is 0 Å². The normalized spacial score (nSPS) is 12.6. The fourth-order valence-electron chi connectivity index (χ4n) is 3.95. The largest absolute Gasteiger partial charge is 0.444 e. The van der Waals surface area contributed by atoms with Crippen LogP contribution in [0.15, 0.2) is 73.3 Å². The van der Waals surface area contributed by atoms with Gasteiger partial charge in [0.25, 0.3) is 0 Å². The van der Waals surface area contributed by atoms with Gasteiger partial charge in [-0.3, -0.25) is 9.59 Å². The van der Waals surface area contributed by atoms with Crippen LogP contribution in [0.1, 0.15) is 64.1 Å². The predicted molar refractivity (Wildman–Crippen MR) is 147 cm³/mol. The van der Waals surface area contributed by atoms with Gasteiger partial charge in [0.1, 0.15) is 17.7 Å². The number of alkyl carbamates (subject to hydrolysis) is 1. The van der Waals surface area contributed by atoms with Gasteiger partial charge in [0.05, 0.1) is 0 Å². The first-order chi connectivity index (χ1) is 17.7. The Morgan fingerprint density at radius 1 is 1.00 bits per heavy atom. The summed E-state index contributed by atoms with van der Waals surface area (Å²) in [5, 5.41) is 5.74. The van der Waals surface area contributed by atoms with Crippen LogP contribution in [0.4, 0.5) is 4.79 Å². The molecule has 7 nitrogen and oxygen atoms in total. The summed E-state index contributed by atoms with van der Waals surface area (Å²) in [7, 11) is 0. The first kappa shape index (κ1) is 29.6. The molecule has 0 heterocycles. The fourth-order valence-corrected chi connectivity index (χ4v) is 3.95. The SMILES string of the molecule is C=CCN(C(=O)C(Cc1ccccc1)NC(=O)OC(C)(C)C)C(C(=O)NCCCCC)c1ccccc1. The van der Waals surface area contributed by atoms with Gasteiger partial charge in [0, 0.05) is 19.5 Å². The van der Waals surface area contributed by atoms with Crippen molar-refractivity contribution in [2.24, 2.45) is 0 Å². The molecule has 0 aliphatic carbocycles. The zero-order chi connectivity index (χ0) is 27.3. The summed E-state index contributed by atoms with van der Waals surface area (Å²) in [6.07, 6.45) is 4.04. The van der Waals surface area contributed by atoms with Gasteiger partial charge < -0.3 is 20.3 Å². The summed E-state index contributed by atoms with van der Waals surface area (Å²) >= 11 is 0. The molecule has 0 saturated heterocycles. The van der Waals surface area contributed by atoms with E-state index in [4.69, 9.17) is 4.74 Å². The van der Waals surface area contributed by atoms with Gasteiger partial charge in [-0.1, -0.05) is 86.5 Å². The van der Waals surface area contributed by atoms with Crippen molar-refractivity contribution < 1.29 is 19.1 Å². The quantitative estimate of drug-likeness (QED) is 0.289. The highest BCUT2D eigenvalue weighted by Gasteiger charge is 2.35. The van der Waals surface area contributed by atoms with E-state index < -0.39 is 29.7 Å². The summed E-state index contributed by atoms with van der Waals surface area (Å²) in [4.78, 5) is 41.7. The number of carbonyl (C=O) groups is 3. The summed E-state index contributed by atoms with van der Waals surface area (Å²) in [6.45, 7) is 11.9. The van der Waals surface area contributed by atoms with Crippen LogP contribution in [0.5, 0.6) is 0 Å². The number of hydrogen-bond donors (Lipinski definition) is 2. The number of ether oxygens (including phenoxy) is 1. The third kappa shape index (κ3) is 10.1. The second-order valence-electron chi connectivity index (χ2n) is 9.98. The molecule has 0 spiro atoms. The molecule has 0 radical (unpaired) electrons. The molecular formula is C30H41N3O4. The molecule has 0 aliphatic heterocycles. The second-order valence-corrected chi connectivity index (χ2v) is 9.98. The van der Waals surface area contributed by atoms with Crippen molar-refractivity contribution in [3.8, 4) is 0 Å². The lowest BCUT2D eigenvalue weighted by molar-refractivity contribution is -0.141. The van der Waals surface area contributed by atoms with Crippen molar-refractivity contribution in [2.75, 3.05) is 13.1 Å². The van der Waals surface area contributed by atoms with E-state index in [0.717, 1.165) is 24.8 Å². The molecule has 2 rings (SSSR count). The number of unbranched alkanes of at least 4 members (excludes halogenated alkanes) is 2. The topological polar surface area (TPSA) is 87.7 Å². The Labute approximate surface area is 221 Å². The van der Waals surface area contributed by atoms with E-state index in [-0.39, 0.29) is 18.9 Å². The molecule has 0 aromatic heterocycles. The average molecular weight is 508 g/mol. The van der Waals surface area contributed by atoms with Crippen molar-refractivity contribution in [2.45, 2.75) is 71.1 Å². The molecule has 7 heteroatoms. The van der Waals surface area contributed by atoms with Crippen LogP contribution in [0.25, 0.3) is 0 Å². The van der Waals surface area contributed by atoms with E-state index in [2.05, 4.69) is 24.1 Å². The summed E-state index contributed by atoms with van der Waals surface area (Å²) in [5.41, 5.74) is 0.827. The van der Waals surface area contributed by atoms with E-state index in [1.807, 2.05) is 60.7 Å². The van der Waals surface area contributed by atoms with Gasteiger partial charge in [0.2, 0.25) is 11.8 Å². The Morgan fingerprint density at radius 3 is 2.19 bits per heavy atom. The van der Waals surface area contributed by atoms with Crippen LogP contribution in [0.3, 0.4) is 0 Å². The minimum absolute atomic E-state index is 0.127. The third-order valence-corrected chi connectivity index (χ3v) is 5.64. The standard InChI is InChI=1S/C30H41N3O4/c1-6-8-15-20-31-27(34)26(24-18-13-10-14-19-24)33(21-7-2)28(35)25(22-23-16-11-9-12-17-23)32-29(36)37-30(3,4)5/h7,9-14,16-19,25-26H,2,6,8,15,20-22H2,1,3-5H3,(H,31,34)(H,32,36). The number of benzene rings is 2. The highest BCUT2D eigenvalue weighted by molar-refractivity contribution is 5.92. The van der Waals surface area contributed by atoms with Gasteiger partial charge in [0.15, 0.2) is 0 Å². The molecule has 3 amide bonds. The number of rotatable bonds is 13. The van der Waals surface area contributed by atoms with Gasteiger partial charge in [-0.15, -0.1) is 6.58 Å². The molecule has 0 bridgehead atoms. The highest BCUT2D eigenvalue weighted by atomic mass is 16.6. The van der Waals surface area contributed by atoms with Crippen LogP contribution < -0.4 is 10.6 Å². The van der Waals surface area contributed by atoms with E-state index >= 15 is 0 Å². The maximum Gasteiger partial charge on any atom is 0.408 e. The molecule has 37 heavy (non-hydrogen) atoms. The number of nitrogens with one attached hydrogen (secondary N) is 2. The molecule has 2 N–H and O–H groups in total. The van der Waals surface area contributed by atoms with Crippen LogP contribution in [-0.4, -0.2) is 47.5 Å². The summed E-state index contributed by atoms with van der Waals surface area (Å²) < 4.78 is 5.44. The van der Waals surface area contributed by atoms with E-state index in [0.29, 0.717) is 12.1 Å². The molecular weight excluding hydrogens is 466 g/mol. The Kier molecular flexibility index (Phi) is 11.9. The van der Waals surface area contributed by atoms with Gasteiger partial charge >= 0.3 is 6.09 Å². The van der Waals surface area contributed by atoms with Crippen LogP contribution in [0.2, 0.25) is 0 Å². The molecule has 2 atom stereocenters. The number of carbonyl (C=O) groups excluding carboxylic acids is 3. The van der Waals surface area contributed by atoms with Crippen LogP contribution in [-0.2, 0) is 20.7 Å². The van der Waals surface area contributed by atoms with Gasteiger partial charge in [-0.2, -0.15) is 0 Å². The number of amides is 3. The Hall–Kier alpha value is -3.61. The number of nitrogens with zero attached hydrogens (tertiary/aromatic N) is 1. The minimum Gasteiger partial charge on any atom is -0.444 e. The third-order valence-electron chi connectivity index (χ3n) is 5.64. The molecule has 0 fully saturated rings. The van der Waals surface area contributed by atoms with E-state index in [9.17, 15) is 14.4 Å². The monoisotopic (exact) mass is 507 g/mol. The summed E-state index contributed by atoms with van der Waals surface area (Å²) in [6, 6.07) is 16.8. The smallest absolute Gasteiger partial charge is 0.408 e. The Bertz CT molecular complexity index is 1000. The first-order valence-electron chi connectivity index (χ1n) is 12.9. The Morgan fingerprint density at radius 2 is 1.62 bits per heavy atom. The zero-order valence-corrected chi connectivity index (χ0v) is 22.5. The number of hydrogen-bond acceptors (Lipinski definition) is 4. The lowest BCUT2D eigenvalue weighted by Gasteiger charge is -2.34. The molecule has 200 valence electrons. The van der Waals surface area contributed by atoms with Gasteiger partial charge in [-0.05, 0) is 38.3 Å². The second kappa shape index (κ2) is 14.8. The van der Waals surface area contributed by atoms with Crippen molar-refractivity contribution in [1.82, 2.24) is 15.5 Å². The fraction of sp³-hybridized carbons (Fsp3) is 0.433. The molecule has 2 unspecified atom stereocenters. The average Bonchev–Trinajstić information content (AvgIpc) is 2.85. The highest BCUT2D eigenvalue weighted by Crippen LogP contribution is 2.23. The van der Waals surface area contributed by atoms with Crippen LogP contribution in [0, 0.1) is 0 Å². The minimum atomic E-state index is -0.948. The maximum absolute atomic E-state index is 14.1. The molecule has 2 aromatic rings. The van der Waals surface area contributed by atoms with Crippen molar-refractivity contribution in [3.05, 3.63) is 84.4 Å². The molecule has 0 aliphatic rings. The van der Waals surface area contributed by atoms with E-state index in [1.165, 1.54) is 4.90 Å². The molecule has 0 saturated carbocycles. The zero-order valence-electron chi connectivity index (χ0n) is 22.5. The summed E-state index contributed by atoms with van der Waals surface area (Å²) in [5.74, 6) is -0.666. The maximum atomic E-state index is 14.1. The first-order valence-corrected chi connectivity index (χ1v) is 12.9. The van der Waals surface area contributed by atoms with Crippen molar-refractivity contribution >= 4 is 17.9 Å². The van der Waals surface area contributed by atoms with Gasteiger partial charge in [-0.25, -0.2) is 4.79 Å². The lowest BCUT2D eigenvalue weighted by Crippen LogP contribution is -2.53. The van der Waals surface area contributed by atoms with E-state index in [1.54, 1.807) is 26.8 Å². The predicted octanol–water partition coefficient (Wildman–Crippen LogP) is 5.18.